The van der Waals surface area contributed by atoms with E-state index in [1.807, 2.05) is 4.90 Å². The van der Waals surface area contributed by atoms with E-state index in [-0.39, 0.29) is 29.7 Å². The van der Waals surface area contributed by atoms with E-state index in [1.165, 1.54) is 19.1 Å². The van der Waals surface area contributed by atoms with Crippen LogP contribution in [0.3, 0.4) is 0 Å². The molecule has 2 rings (SSSR count). The average molecular weight is 264 g/mol. The van der Waals surface area contributed by atoms with Crippen molar-refractivity contribution in [2.24, 2.45) is 0 Å². The zero-order valence-electron chi connectivity index (χ0n) is 10.7. The number of nitro benzene ring substituents is 1. The molecule has 1 atom stereocenters. The summed E-state index contributed by atoms with van der Waals surface area (Å²) in [6.07, 6.45) is 1.83. The van der Waals surface area contributed by atoms with Crippen LogP contribution in [0.15, 0.2) is 18.2 Å². The predicted molar refractivity (Wildman–Crippen MR) is 70.6 cm³/mol. The number of carbonyl (C=O) groups excluding carboxylic acids is 1. The molecule has 19 heavy (non-hydrogen) atoms. The molecule has 6 nitrogen and oxygen atoms in total. The second-order valence-corrected chi connectivity index (χ2v) is 4.69. The molecule has 0 amide bonds. The summed E-state index contributed by atoms with van der Waals surface area (Å²) >= 11 is 0. The third-order valence-corrected chi connectivity index (χ3v) is 3.48. The zero-order valence-corrected chi connectivity index (χ0v) is 10.7. The minimum atomic E-state index is -0.537. The molecule has 1 aromatic carbocycles. The van der Waals surface area contributed by atoms with Crippen LogP contribution in [0.2, 0.25) is 0 Å². The van der Waals surface area contributed by atoms with Crippen molar-refractivity contribution in [3.8, 4) is 0 Å². The third-order valence-electron chi connectivity index (χ3n) is 3.48. The molecule has 1 saturated heterocycles. The number of Topliss-reactive ketones (excluding diaryl/α,β-unsaturated/α-hetero) is 1. The molecule has 0 bridgehead atoms. The van der Waals surface area contributed by atoms with Gasteiger partial charge in [-0.05, 0) is 31.9 Å². The second kappa shape index (κ2) is 5.36. The van der Waals surface area contributed by atoms with Crippen LogP contribution in [-0.4, -0.2) is 35.0 Å². The first-order valence-electron chi connectivity index (χ1n) is 6.21. The van der Waals surface area contributed by atoms with Crippen LogP contribution in [0.25, 0.3) is 0 Å². The molecule has 1 aromatic rings. The number of carbonyl (C=O) groups is 1. The Hall–Kier alpha value is -1.95. The SMILES string of the molecule is CC(=O)c1ccc(N2CCCC2CO)cc1[N+](=O)[O-]. The largest absolute Gasteiger partial charge is 0.394 e. The van der Waals surface area contributed by atoms with Crippen molar-refractivity contribution >= 4 is 17.2 Å². The standard InChI is InChI=1S/C13H16N2O4/c1-9(17)12-5-4-10(7-13(12)15(18)19)14-6-2-3-11(14)8-16/h4-5,7,11,16H,2-3,6,8H2,1H3. The fraction of sp³-hybridized carbons (Fsp3) is 0.462. The lowest BCUT2D eigenvalue weighted by Gasteiger charge is -2.25. The molecule has 6 heteroatoms. The number of ketones is 1. The Morgan fingerprint density at radius 3 is 2.89 bits per heavy atom. The van der Waals surface area contributed by atoms with Gasteiger partial charge in [0, 0.05) is 18.3 Å². The van der Waals surface area contributed by atoms with Crippen molar-refractivity contribution in [3.63, 3.8) is 0 Å². The predicted octanol–water partition coefficient (Wildman–Crippen LogP) is 1.76. The van der Waals surface area contributed by atoms with Crippen LogP contribution in [0.1, 0.15) is 30.1 Å². The topological polar surface area (TPSA) is 83.7 Å². The van der Waals surface area contributed by atoms with Gasteiger partial charge in [-0.1, -0.05) is 0 Å². The first kappa shape index (κ1) is 13.5. The molecule has 1 aliphatic heterocycles. The number of aliphatic hydroxyl groups excluding tert-OH is 1. The summed E-state index contributed by atoms with van der Waals surface area (Å²) < 4.78 is 0. The normalized spacial score (nSPS) is 18.6. The highest BCUT2D eigenvalue weighted by Crippen LogP contribution is 2.30. The Balaban J connectivity index is 2.40. The van der Waals surface area contributed by atoms with Crippen molar-refractivity contribution in [2.75, 3.05) is 18.1 Å². The molecule has 0 aliphatic carbocycles. The summed E-state index contributed by atoms with van der Waals surface area (Å²) in [4.78, 5) is 23.8. The summed E-state index contributed by atoms with van der Waals surface area (Å²) in [5.74, 6) is -0.321. The zero-order chi connectivity index (χ0) is 14.0. The van der Waals surface area contributed by atoms with E-state index in [4.69, 9.17) is 0 Å². The van der Waals surface area contributed by atoms with Crippen molar-refractivity contribution in [3.05, 3.63) is 33.9 Å². The van der Waals surface area contributed by atoms with Crippen LogP contribution < -0.4 is 4.90 Å². The Morgan fingerprint density at radius 2 is 2.32 bits per heavy atom. The van der Waals surface area contributed by atoms with Gasteiger partial charge in [-0.3, -0.25) is 14.9 Å². The van der Waals surface area contributed by atoms with E-state index in [1.54, 1.807) is 6.07 Å². The molecule has 102 valence electrons. The number of hydrogen-bond donors (Lipinski definition) is 1. The molecule has 0 spiro atoms. The van der Waals surface area contributed by atoms with Gasteiger partial charge in [0.2, 0.25) is 0 Å². The minimum absolute atomic E-state index is 0.00258. The van der Waals surface area contributed by atoms with Crippen LogP contribution in [0, 0.1) is 10.1 Å². The van der Waals surface area contributed by atoms with E-state index in [2.05, 4.69) is 0 Å². The van der Waals surface area contributed by atoms with Gasteiger partial charge >= 0.3 is 0 Å². The Bertz CT molecular complexity index is 515. The van der Waals surface area contributed by atoms with Gasteiger partial charge in [-0.15, -0.1) is 0 Å². The Kier molecular flexibility index (Phi) is 3.80. The maximum absolute atomic E-state index is 11.4. The number of nitro groups is 1. The fourth-order valence-electron chi connectivity index (χ4n) is 2.51. The molecule has 1 heterocycles. The Labute approximate surface area is 110 Å². The molecule has 1 fully saturated rings. The first-order valence-corrected chi connectivity index (χ1v) is 6.21. The highest BCUT2D eigenvalue weighted by atomic mass is 16.6. The molecule has 0 aromatic heterocycles. The van der Waals surface area contributed by atoms with E-state index in [0.29, 0.717) is 5.69 Å². The number of hydrogen-bond acceptors (Lipinski definition) is 5. The number of anilines is 1. The highest BCUT2D eigenvalue weighted by Gasteiger charge is 2.26. The lowest BCUT2D eigenvalue weighted by molar-refractivity contribution is -0.385. The van der Waals surface area contributed by atoms with Crippen molar-refractivity contribution < 1.29 is 14.8 Å². The average Bonchev–Trinajstić information content (AvgIpc) is 2.86. The number of aliphatic hydroxyl groups is 1. The van der Waals surface area contributed by atoms with E-state index in [0.717, 1.165) is 19.4 Å². The monoisotopic (exact) mass is 264 g/mol. The molecule has 1 N–H and O–H groups in total. The quantitative estimate of drug-likeness (QED) is 0.509. The lowest BCUT2D eigenvalue weighted by atomic mass is 10.1. The third kappa shape index (κ3) is 2.58. The van der Waals surface area contributed by atoms with Crippen molar-refractivity contribution in [1.82, 2.24) is 0 Å². The van der Waals surface area contributed by atoms with Gasteiger partial charge in [0.15, 0.2) is 5.78 Å². The molecule has 1 unspecified atom stereocenters. The van der Waals surface area contributed by atoms with E-state index in [9.17, 15) is 20.0 Å². The van der Waals surface area contributed by atoms with Gasteiger partial charge in [-0.25, -0.2) is 0 Å². The Morgan fingerprint density at radius 1 is 1.58 bits per heavy atom. The number of benzene rings is 1. The van der Waals surface area contributed by atoms with Gasteiger partial charge in [0.25, 0.3) is 5.69 Å². The molecule has 1 aliphatic rings. The smallest absolute Gasteiger partial charge is 0.282 e. The maximum atomic E-state index is 11.4. The number of rotatable bonds is 4. The summed E-state index contributed by atoms with van der Waals surface area (Å²) in [6, 6.07) is 4.62. The van der Waals surface area contributed by atoms with Crippen LogP contribution in [-0.2, 0) is 0 Å². The van der Waals surface area contributed by atoms with Gasteiger partial charge in [-0.2, -0.15) is 0 Å². The lowest BCUT2D eigenvalue weighted by Crippen LogP contribution is -2.32. The maximum Gasteiger partial charge on any atom is 0.282 e. The first-order chi connectivity index (χ1) is 9.04. The summed E-state index contributed by atoms with van der Waals surface area (Å²) in [5, 5.41) is 20.3. The fourth-order valence-corrected chi connectivity index (χ4v) is 2.51. The van der Waals surface area contributed by atoms with Crippen LogP contribution >= 0.6 is 0 Å². The van der Waals surface area contributed by atoms with Gasteiger partial charge < -0.3 is 10.0 Å². The van der Waals surface area contributed by atoms with Gasteiger partial charge in [0.1, 0.15) is 0 Å². The van der Waals surface area contributed by atoms with Crippen LogP contribution in [0.4, 0.5) is 11.4 Å². The minimum Gasteiger partial charge on any atom is -0.394 e. The second-order valence-electron chi connectivity index (χ2n) is 4.69. The summed E-state index contributed by atoms with van der Waals surface area (Å²) in [6.45, 7) is 2.11. The highest BCUT2D eigenvalue weighted by molar-refractivity contribution is 5.98. The summed E-state index contributed by atoms with van der Waals surface area (Å²) in [5.41, 5.74) is 0.635. The van der Waals surface area contributed by atoms with E-state index >= 15 is 0 Å². The molecule has 0 saturated carbocycles. The number of nitrogens with zero attached hydrogens (tertiary/aromatic N) is 2. The van der Waals surface area contributed by atoms with Crippen molar-refractivity contribution in [1.29, 1.82) is 0 Å². The molecule has 0 radical (unpaired) electrons. The molecular formula is C13H16N2O4. The summed E-state index contributed by atoms with van der Waals surface area (Å²) in [7, 11) is 0. The van der Waals surface area contributed by atoms with E-state index < -0.39 is 4.92 Å². The molecular weight excluding hydrogens is 248 g/mol. The van der Waals surface area contributed by atoms with Gasteiger partial charge in [0.05, 0.1) is 23.1 Å². The van der Waals surface area contributed by atoms with Crippen molar-refractivity contribution in [2.45, 2.75) is 25.8 Å². The van der Waals surface area contributed by atoms with Crippen LogP contribution in [0.5, 0.6) is 0 Å².